The molecule has 7 nitrogen and oxygen atoms in total. The van der Waals surface area contributed by atoms with Gasteiger partial charge in [0.1, 0.15) is 16.4 Å². The van der Waals surface area contributed by atoms with Crippen molar-refractivity contribution in [3.63, 3.8) is 0 Å². The summed E-state index contributed by atoms with van der Waals surface area (Å²) in [5.41, 5.74) is 0.957. The maximum Gasteiger partial charge on any atom is 0.251 e. The Labute approximate surface area is 188 Å². The number of nitrogens with zero attached hydrogens (tertiary/aromatic N) is 1. The van der Waals surface area contributed by atoms with E-state index < -0.39 is 22.0 Å². The molecule has 1 atom stereocenters. The number of rotatable bonds is 7. The molecule has 0 aromatic heterocycles. The average Bonchev–Trinajstić information content (AvgIpc) is 2.79. The van der Waals surface area contributed by atoms with E-state index in [2.05, 4.69) is 5.32 Å². The van der Waals surface area contributed by atoms with E-state index in [0.717, 1.165) is 24.8 Å². The minimum atomic E-state index is -3.76. The predicted molar refractivity (Wildman–Crippen MR) is 119 cm³/mol. The number of nitrogens with one attached hydrogen (secondary N) is 1. The Hall–Kier alpha value is -2.29. The summed E-state index contributed by atoms with van der Waals surface area (Å²) in [5.74, 6) is 0.834. The van der Waals surface area contributed by atoms with E-state index in [1.807, 2.05) is 6.92 Å². The molecule has 2 aromatic rings. The summed E-state index contributed by atoms with van der Waals surface area (Å²) < 4.78 is 38.2. The zero-order chi connectivity index (χ0) is 22.6. The fraction of sp³-hybridized carbons (Fsp3) is 0.409. The van der Waals surface area contributed by atoms with Gasteiger partial charge in [-0.25, -0.2) is 8.42 Å². The number of hydrogen-bond acceptors (Lipinski definition) is 5. The Bertz CT molecular complexity index is 1050. The number of piperidine rings is 1. The molecule has 0 bridgehead atoms. The third kappa shape index (κ3) is 5.14. The molecule has 0 aliphatic carbocycles. The molecule has 1 fully saturated rings. The third-order valence-electron chi connectivity index (χ3n) is 5.38. The van der Waals surface area contributed by atoms with Crippen molar-refractivity contribution in [2.45, 2.75) is 37.1 Å². The smallest absolute Gasteiger partial charge is 0.251 e. The van der Waals surface area contributed by atoms with Gasteiger partial charge in [0.15, 0.2) is 0 Å². The topological polar surface area (TPSA) is 84.9 Å². The van der Waals surface area contributed by atoms with Crippen LogP contribution in [0.5, 0.6) is 11.5 Å². The van der Waals surface area contributed by atoms with Crippen LogP contribution in [-0.4, -0.2) is 45.9 Å². The first-order valence-corrected chi connectivity index (χ1v) is 11.9. The van der Waals surface area contributed by atoms with Crippen LogP contribution in [0, 0.1) is 0 Å². The number of methoxy groups -OCH3 is 2. The van der Waals surface area contributed by atoms with Crippen molar-refractivity contribution in [1.29, 1.82) is 0 Å². The Morgan fingerprint density at radius 3 is 2.42 bits per heavy atom. The SMILES string of the molecule is COc1ccc(OC)c([C@@H](C)NC(=O)c2ccc(Cl)c(S(=O)(=O)N3CCCCC3)c2)c1. The van der Waals surface area contributed by atoms with Gasteiger partial charge in [-0.2, -0.15) is 4.31 Å². The fourth-order valence-corrected chi connectivity index (χ4v) is 5.64. The van der Waals surface area contributed by atoms with E-state index in [-0.39, 0.29) is 15.5 Å². The third-order valence-corrected chi connectivity index (χ3v) is 7.76. The lowest BCUT2D eigenvalue weighted by Gasteiger charge is -2.26. The Morgan fingerprint density at radius 2 is 1.77 bits per heavy atom. The Balaban J connectivity index is 1.85. The van der Waals surface area contributed by atoms with Crippen LogP contribution in [-0.2, 0) is 10.0 Å². The molecule has 0 saturated carbocycles. The molecule has 2 aromatic carbocycles. The number of halogens is 1. The van der Waals surface area contributed by atoms with E-state index in [1.54, 1.807) is 32.4 Å². The summed E-state index contributed by atoms with van der Waals surface area (Å²) in [6.07, 6.45) is 2.64. The number of hydrogen-bond donors (Lipinski definition) is 1. The van der Waals surface area contributed by atoms with E-state index in [1.165, 1.54) is 22.5 Å². The first-order chi connectivity index (χ1) is 14.8. The lowest BCUT2D eigenvalue weighted by Crippen LogP contribution is -2.36. The fourth-order valence-electron chi connectivity index (χ4n) is 3.62. The summed E-state index contributed by atoms with van der Waals surface area (Å²) in [4.78, 5) is 12.9. The molecule has 0 spiro atoms. The van der Waals surface area contributed by atoms with Gasteiger partial charge in [0, 0.05) is 24.2 Å². The standard InChI is InChI=1S/C22H27ClN2O5S/c1-15(18-14-17(29-2)8-10-20(18)30-3)24-22(26)16-7-9-19(23)21(13-16)31(27,28)25-11-5-4-6-12-25/h7-10,13-15H,4-6,11-12H2,1-3H3,(H,24,26)/t15-/m1/s1. The number of carbonyl (C=O) groups is 1. The highest BCUT2D eigenvalue weighted by Crippen LogP contribution is 2.31. The van der Waals surface area contributed by atoms with Crippen molar-refractivity contribution >= 4 is 27.5 Å². The van der Waals surface area contributed by atoms with E-state index in [0.29, 0.717) is 24.6 Å². The highest BCUT2D eigenvalue weighted by molar-refractivity contribution is 7.89. The van der Waals surface area contributed by atoms with E-state index >= 15 is 0 Å². The van der Waals surface area contributed by atoms with Gasteiger partial charge in [-0.15, -0.1) is 0 Å². The van der Waals surface area contributed by atoms with Crippen molar-refractivity contribution < 1.29 is 22.7 Å². The monoisotopic (exact) mass is 466 g/mol. The number of ether oxygens (including phenoxy) is 2. The molecule has 1 heterocycles. The number of sulfonamides is 1. The summed E-state index contributed by atoms with van der Waals surface area (Å²) in [7, 11) is -0.649. The van der Waals surface area contributed by atoms with Crippen LogP contribution in [0.25, 0.3) is 0 Å². The summed E-state index contributed by atoms with van der Waals surface area (Å²) in [6, 6.07) is 9.23. The molecule has 1 saturated heterocycles. The highest BCUT2D eigenvalue weighted by atomic mass is 35.5. The second-order valence-corrected chi connectivity index (χ2v) is 9.73. The maximum atomic E-state index is 13.1. The molecule has 168 valence electrons. The van der Waals surface area contributed by atoms with Crippen molar-refractivity contribution in [3.8, 4) is 11.5 Å². The average molecular weight is 467 g/mol. The van der Waals surface area contributed by atoms with Gasteiger partial charge in [-0.1, -0.05) is 18.0 Å². The minimum Gasteiger partial charge on any atom is -0.497 e. The van der Waals surface area contributed by atoms with Gasteiger partial charge < -0.3 is 14.8 Å². The Kier molecular flexibility index (Phi) is 7.46. The van der Waals surface area contributed by atoms with Crippen LogP contribution in [0.2, 0.25) is 5.02 Å². The Morgan fingerprint density at radius 1 is 1.06 bits per heavy atom. The molecule has 31 heavy (non-hydrogen) atoms. The number of amides is 1. The van der Waals surface area contributed by atoms with Gasteiger partial charge >= 0.3 is 0 Å². The van der Waals surface area contributed by atoms with Crippen LogP contribution in [0.3, 0.4) is 0 Å². The first kappa shape index (κ1) is 23.4. The van der Waals surface area contributed by atoms with Crippen molar-refractivity contribution in [2.75, 3.05) is 27.3 Å². The van der Waals surface area contributed by atoms with Crippen molar-refractivity contribution in [3.05, 3.63) is 52.5 Å². The van der Waals surface area contributed by atoms with Crippen LogP contribution >= 0.6 is 11.6 Å². The number of benzene rings is 2. The second kappa shape index (κ2) is 9.89. The predicted octanol–water partition coefficient (Wildman–Crippen LogP) is 4.02. The summed E-state index contributed by atoms with van der Waals surface area (Å²) in [5, 5.41) is 2.99. The van der Waals surface area contributed by atoms with E-state index in [9.17, 15) is 13.2 Å². The lowest BCUT2D eigenvalue weighted by atomic mass is 10.1. The molecule has 0 radical (unpaired) electrons. The molecule has 9 heteroatoms. The molecule has 0 unspecified atom stereocenters. The van der Waals surface area contributed by atoms with Gasteiger partial charge in [-0.05, 0) is 56.2 Å². The van der Waals surface area contributed by atoms with Gasteiger partial charge in [0.05, 0.1) is 25.3 Å². The quantitative estimate of drug-likeness (QED) is 0.666. The van der Waals surface area contributed by atoms with Gasteiger partial charge in [-0.3, -0.25) is 4.79 Å². The normalized spacial score (nSPS) is 15.9. The zero-order valence-electron chi connectivity index (χ0n) is 17.9. The molecule has 1 N–H and O–H groups in total. The zero-order valence-corrected chi connectivity index (χ0v) is 19.4. The van der Waals surface area contributed by atoms with E-state index in [4.69, 9.17) is 21.1 Å². The summed E-state index contributed by atoms with van der Waals surface area (Å²) in [6.45, 7) is 2.74. The highest BCUT2D eigenvalue weighted by Gasteiger charge is 2.29. The first-order valence-electron chi connectivity index (χ1n) is 10.1. The molecule has 1 aliphatic heterocycles. The van der Waals surface area contributed by atoms with Crippen molar-refractivity contribution in [2.24, 2.45) is 0 Å². The van der Waals surface area contributed by atoms with Crippen molar-refractivity contribution in [1.82, 2.24) is 9.62 Å². The largest absolute Gasteiger partial charge is 0.497 e. The molecule has 1 aliphatic rings. The summed E-state index contributed by atoms with van der Waals surface area (Å²) >= 11 is 6.21. The van der Waals surface area contributed by atoms with Gasteiger partial charge in [0.25, 0.3) is 5.91 Å². The minimum absolute atomic E-state index is 0.0460. The van der Waals surface area contributed by atoms with Crippen LogP contribution in [0.4, 0.5) is 0 Å². The maximum absolute atomic E-state index is 13.1. The number of carbonyl (C=O) groups excluding carboxylic acids is 1. The lowest BCUT2D eigenvalue weighted by molar-refractivity contribution is 0.0939. The second-order valence-electron chi connectivity index (χ2n) is 7.41. The van der Waals surface area contributed by atoms with Crippen LogP contribution in [0.1, 0.15) is 48.1 Å². The molecule has 1 amide bonds. The van der Waals surface area contributed by atoms with Crippen LogP contribution in [0.15, 0.2) is 41.3 Å². The van der Waals surface area contributed by atoms with Gasteiger partial charge in [0.2, 0.25) is 10.0 Å². The van der Waals surface area contributed by atoms with Crippen LogP contribution < -0.4 is 14.8 Å². The molecule has 3 rings (SSSR count). The molecular weight excluding hydrogens is 440 g/mol. The molecular formula is C22H27ClN2O5S.